The van der Waals surface area contributed by atoms with E-state index in [9.17, 15) is 9.59 Å². The van der Waals surface area contributed by atoms with Gasteiger partial charge in [0.25, 0.3) is 0 Å². The number of para-hydroxylation sites is 1. The smallest absolute Gasteiger partial charge is 0.216 e. The van der Waals surface area contributed by atoms with Gasteiger partial charge in [0, 0.05) is 46.1 Å². The number of fused-ring (bicyclic) bond motifs is 3. The van der Waals surface area contributed by atoms with Crippen molar-refractivity contribution in [2.45, 2.75) is 46.7 Å². The molecule has 0 aliphatic carbocycles. The number of aromatic nitrogens is 6. The minimum Gasteiger partial charge on any atom is -0.483 e. The molecule has 0 unspecified atom stereocenters. The van der Waals surface area contributed by atoms with Crippen LogP contribution in [0.1, 0.15) is 36.4 Å². The molecule has 1 aliphatic heterocycles. The average molecular weight is 586 g/mol. The number of carbonyl (C=O) groups is 2. The van der Waals surface area contributed by atoms with Gasteiger partial charge < -0.3 is 25.0 Å². The van der Waals surface area contributed by atoms with Gasteiger partial charge in [-0.25, -0.2) is 0 Å². The molecule has 0 atom stereocenters. The normalized spacial score (nSPS) is 11.8. The minimum absolute atomic E-state index is 0.0925. The van der Waals surface area contributed by atoms with Gasteiger partial charge in [0.1, 0.15) is 24.6 Å². The Morgan fingerprint density at radius 2 is 1.49 bits per heavy atom. The summed E-state index contributed by atoms with van der Waals surface area (Å²) in [7, 11) is 2.06. The van der Waals surface area contributed by atoms with Crippen molar-refractivity contribution in [3.63, 3.8) is 0 Å². The van der Waals surface area contributed by atoms with Gasteiger partial charge in [0.2, 0.25) is 11.8 Å². The monoisotopic (exact) mass is 585 g/mol. The number of hydrogen-bond acceptors (Lipinski definition) is 9. The van der Waals surface area contributed by atoms with E-state index in [0.717, 1.165) is 27.9 Å². The first-order valence-electron chi connectivity index (χ1n) is 14.0. The summed E-state index contributed by atoms with van der Waals surface area (Å²) in [6.07, 6.45) is 5.45. The lowest BCUT2D eigenvalue weighted by atomic mass is 9.91. The van der Waals surface area contributed by atoms with Crippen LogP contribution in [0.25, 0.3) is 17.2 Å². The number of rotatable bonds is 13. The van der Waals surface area contributed by atoms with E-state index in [1.165, 1.54) is 13.8 Å². The molecule has 0 spiro atoms. The van der Waals surface area contributed by atoms with Crippen molar-refractivity contribution in [2.75, 3.05) is 25.0 Å². The molecule has 2 aromatic carbocycles. The molecule has 2 aromatic heterocycles. The maximum Gasteiger partial charge on any atom is 0.216 e. The van der Waals surface area contributed by atoms with E-state index in [-0.39, 0.29) is 25.0 Å². The molecule has 0 radical (unpaired) electrons. The van der Waals surface area contributed by atoms with Crippen molar-refractivity contribution in [1.29, 1.82) is 0 Å². The van der Waals surface area contributed by atoms with E-state index in [4.69, 9.17) is 9.47 Å². The SMILES string of the molecule is C=Cc1cccc2c1N(C)Cc1cc(OCc3cn(CCNC(C)=O)nn3)c(OCc3cn(CCNC(C)=O)nn3)cc1-2. The third-order valence-corrected chi connectivity index (χ3v) is 6.89. The van der Waals surface area contributed by atoms with Crippen LogP contribution in [0, 0.1) is 0 Å². The second-order valence-corrected chi connectivity index (χ2v) is 10.2. The maximum atomic E-state index is 11.2. The number of ether oxygens (including phenoxy) is 2. The lowest BCUT2D eigenvalue weighted by molar-refractivity contribution is -0.119. The van der Waals surface area contributed by atoms with Gasteiger partial charge in [-0.15, -0.1) is 10.2 Å². The summed E-state index contributed by atoms with van der Waals surface area (Å²) < 4.78 is 15.9. The Bertz CT molecular complexity index is 1630. The number of hydrogen-bond donors (Lipinski definition) is 2. The van der Waals surface area contributed by atoms with Gasteiger partial charge in [0.15, 0.2) is 11.5 Å². The van der Waals surface area contributed by atoms with Gasteiger partial charge in [-0.3, -0.25) is 19.0 Å². The lowest BCUT2D eigenvalue weighted by Gasteiger charge is -2.32. The van der Waals surface area contributed by atoms with Gasteiger partial charge >= 0.3 is 0 Å². The van der Waals surface area contributed by atoms with Crippen molar-refractivity contribution in [3.05, 3.63) is 71.8 Å². The van der Waals surface area contributed by atoms with Crippen molar-refractivity contribution in [1.82, 2.24) is 40.6 Å². The molecule has 2 N–H and O–H groups in total. The fourth-order valence-electron chi connectivity index (χ4n) is 4.94. The molecule has 43 heavy (non-hydrogen) atoms. The zero-order chi connectivity index (χ0) is 30.3. The summed E-state index contributed by atoms with van der Waals surface area (Å²) in [6, 6.07) is 10.2. The van der Waals surface area contributed by atoms with Crippen LogP contribution in [-0.4, -0.2) is 61.9 Å². The summed E-state index contributed by atoms with van der Waals surface area (Å²) in [5.74, 6) is 0.944. The number of nitrogens with zero attached hydrogens (tertiary/aromatic N) is 7. The van der Waals surface area contributed by atoms with Crippen molar-refractivity contribution in [3.8, 4) is 22.6 Å². The largest absolute Gasteiger partial charge is 0.483 e. The molecule has 0 saturated heterocycles. The molecule has 13 nitrogen and oxygen atoms in total. The molecule has 0 saturated carbocycles. The van der Waals surface area contributed by atoms with E-state index in [2.05, 4.69) is 61.9 Å². The second-order valence-electron chi connectivity index (χ2n) is 10.2. The molecular weight excluding hydrogens is 550 g/mol. The molecule has 4 aromatic rings. The number of nitrogens with one attached hydrogen (secondary N) is 2. The molecule has 13 heteroatoms. The lowest BCUT2D eigenvalue weighted by Crippen LogP contribution is -2.24. The third-order valence-electron chi connectivity index (χ3n) is 6.89. The molecular formula is C30H35N9O4. The Morgan fingerprint density at radius 1 is 0.907 bits per heavy atom. The highest BCUT2D eigenvalue weighted by Gasteiger charge is 2.24. The third kappa shape index (κ3) is 7.18. The Labute approximate surface area is 249 Å². The first kappa shape index (κ1) is 29.3. The van der Waals surface area contributed by atoms with Crippen LogP contribution in [0.2, 0.25) is 0 Å². The molecule has 1 aliphatic rings. The topological polar surface area (TPSA) is 141 Å². The second kappa shape index (κ2) is 13.2. The van der Waals surface area contributed by atoms with Crippen LogP contribution in [-0.2, 0) is 42.4 Å². The number of amides is 2. The highest BCUT2D eigenvalue weighted by molar-refractivity contribution is 5.89. The van der Waals surface area contributed by atoms with E-state index in [1.807, 2.05) is 24.3 Å². The number of benzene rings is 2. The maximum absolute atomic E-state index is 11.2. The minimum atomic E-state index is -0.0934. The van der Waals surface area contributed by atoms with E-state index < -0.39 is 0 Å². The zero-order valence-electron chi connectivity index (χ0n) is 24.5. The Morgan fingerprint density at radius 3 is 2.05 bits per heavy atom. The first-order valence-corrected chi connectivity index (χ1v) is 14.0. The summed E-state index contributed by atoms with van der Waals surface area (Å²) >= 11 is 0. The predicted molar refractivity (Wildman–Crippen MR) is 160 cm³/mol. The highest BCUT2D eigenvalue weighted by Crippen LogP contribution is 2.45. The van der Waals surface area contributed by atoms with Gasteiger partial charge in [-0.05, 0) is 28.8 Å². The summed E-state index contributed by atoms with van der Waals surface area (Å²) in [6.45, 7) is 9.91. The summed E-state index contributed by atoms with van der Waals surface area (Å²) in [5, 5.41) is 22.2. The van der Waals surface area contributed by atoms with Gasteiger partial charge in [-0.1, -0.05) is 41.3 Å². The van der Waals surface area contributed by atoms with E-state index >= 15 is 0 Å². The molecule has 2 amide bonds. The highest BCUT2D eigenvalue weighted by atomic mass is 16.5. The summed E-state index contributed by atoms with van der Waals surface area (Å²) in [4.78, 5) is 24.5. The summed E-state index contributed by atoms with van der Waals surface area (Å²) in [5.41, 5.74) is 6.70. The Balaban J connectivity index is 1.37. The standard InChI is InChI=1S/C30H35N9O4/c1-5-22-7-6-8-26-27-14-29(43-19-25-17-39(36-34-25)12-10-32-21(3)41)28(13-23(27)15-37(4)30(22)26)42-18-24-16-38(35-33-24)11-9-31-20(2)40/h5-8,13-14,16-17H,1,9-12,15,18-19H2,2-4H3,(H,31,40)(H,32,41). The van der Waals surface area contributed by atoms with Gasteiger partial charge in [-0.2, -0.15) is 0 Å². The van der Waals surface area contributed by atoms with Crippen LogP contribution in [0.3, 0.4) is 0 Å². The zero-order valence-corrected chi connectivity index (χ0v) is 24.5. The average Bonchev–Trinajstić information content (AvgIpc) is 3.63. The van der Waals surface area contributed by atoms with Crippen LogP contribution in [0.5, 0.6) is 11.5 Å². The quantitative estimate of drug-likeness (QED) is 0.242. The fraction of sp³-hybridized carbons (Fsp3) is 0.333. The molecule has 3 heterocycles. The molecule has 224 valence electrons. The van der Waals surface area contributed by atoms with E-state index in [1.54, 1.807) is 21.8 Å². The van der Waals surface area contributed by atoms with Crippen LogP contribution >= 0.6 is 0 Å². The predicted octanol–water partition coefficient (Wildman–Crippen LogP) is 2.56. The Hall–Kier alpha value is -5.20. The number of carbonyl (C=O) groups excluding carboxylic acids is 2. The van der Waals surface area contributed by atoms with E-state index in [0.29, 0.717) is 55.6 Å². The van der Waals surface area contributed by atoms with Crippen LogP contribution in [0.4, 0.5) is 5.69 Å². The number of anilines is 1. The first-order chi connectivity index (χ1) is 20.8. The molecule has 0 bridgehead atoms. The van der Waals surface area contributed by atoms with Crippen molar-refractivity contribution >= 4 is 23.6 Å². The van der Waals surface area contributed by atoms with Crippen LogP contribution < -0.4 is 25.0 Å². The van der Waals surface area contributed by atoms with Crippen molar-refractivity contribution in [2.24, 2.45) is 0 Å². The molecule has 0 fully saturated rings. The Kier molecular flexibility index (Phi) is 8.99. The fourth-order valence-corrected chi connectivity index (χ4v) is 4.94. The van der Waals surface area contributed by atoms with Crippen LogP contribution in [0.15, 0.2) is 49.3 Å². The van der Waals surface area contributed by atoms with Gasteiger partial charge in [0.05, 0.1) is 31.2 Å². The van der Waals surface area contributed by atoms with Crippen molar-refractivity contribution < 1.29 is 19.1 Å². The molecule has 5 rings (SSSR count).